The molecule has 0 atom stereocenters. The Labute approximate surface area is 330 Å². The van der Waals surface area contributed by atoms with Gasteiger partial charge in [0.25, 0.3) is 0 Å². The van der Waals surface area contributed by atoms with Crippen LogP contribution in [0.25, 0.3) is 10.8 Å². The standard InChI is InChI=1S/C21H25N5O.C21H4.HN5O.10H2/c22-21-19-3-1-15(11-17(19)5-10-24-21)12-25-20-4-2-16(13-26-20)14-27-18-6-8-23-9-7-18;1-3-5-7-9-11-13-15-17-19-21-20-18-16-14-12-10-8-6-4-2;1-2-3-4-5-6;;;;;;;;;;/h1-5,10-11,13,18,23H,6-9,12,14H2,(H2,22,24)(H,25,26);1H,2H3;1H;10*1H/b;;2-1?,4-3+;;;;;;;;;;. The first-order valence-electron chi connectivity index (χ1n) is 15.7. The zero-order valence-electron chi connectivity index (χ0n) is 29.1. The van der Waals surface area contributed by atoms with Crippen LogP contribution in [0, 0.1) is 129 Å². The predicted molar refractivity (Wildman–Crippen MR) is 230 cm³/mol. The Bertz CT molecular complexity index is 2440. The highest BCUT2D eigenvalue weighted by molar-refractivity contribution is 5.91. The van der Waals surface area contributed by atoms with Crippen LogP contribution in [0.4, 0.5) is 11.6 Å². The van der Waals surface area contributed by atoms with Gasteiger partial charge in [0.2, 0.25) is 0 Å². The van der Waals surface area contributed by atoms with E-state index in [0.717, 1.165) is 48.1 Å². The molecular weight excluding hydrogens is 677 g/mol. The minimum absolute atomic E-state index is 0. The third-order valence-corrected chi connectivity index (χ3v) is 6.25. The average molecular weight is 727 g/mol. The first-order chi connectivity index (χ1) is 26.6. The molecule has 12 nitrogen and oxygen atoms in total. The van der Waals surface area contributed by atoms with Gasteiger partial charge in [0.1, 0.15) is 16.9 Å². The number of nitrogens with one attached hydrogen (secondary N) is 3. The number of piperidine rings is 1. The SMILES string of the molecule is C#CC#CC#CC#CC#CC#CC#CC#CC#CC#CC.N=N/N=N/N=O.Nc1nccc2cc(CNc3ccc(COC4CCNCC4)cn3)ccc12.[HH].[HH].[HH].[HH].[HH].[HH].[HH].[HH].[HH].[HH]. The molecule has 5 N–H and O–H groups in total. The summed E-state index contributed by atoms with van der Waals surface area (Å²) < 4.78 is 5.97. The molecule has 280 valence electrons. The Morgan fingerprint density at radius 1 is 0.852 bits per heavy atom. The fourth-order valence-corrected chi connectivity index (χ4v) is 3.95. The van der Waals surface area contributed by atoms with Crippen LogP contribution < -0.4 is 16.4 Å². The number of ether oxygens (including phenoxy) is 1. The maximum atomic E-state index is 8.91. The maximum Gasteiger partial charge on any atom is 0.131 e. The lowest BCUT2D eigenvalue weighted by Gasteiger charge is -2.22. The molecule has 3 heterocycles. The van der Waals surface area contributed by atoms with Crippen molar-refractivity contribution in [2.24, 2.45) is 21.0 Å². The van der Waals surface area contributed by atoms with E-state index in [1.807, 2.05) is 29.7 Å². The normalized spacial score (nSPS) is 10.0. The first kappa shape index (κ1) is 41.9. The fourth-order valence-electron chi connectivity index (χ4n) is 3.95. The number of pyridine rings is 2. The maximum absolute atomic E-state index is 8.91. The number of nitrogen functional groups attached to an aromatic ring is 1. The van der Waals surface area contributed by atoms with Crippen molar-refractivity contribution >= 4 is 22.4 Å². The van der Waals surface area contributed by atoms with Crippen molar-refractivity contribution in [2.75, 3.05) is 24.1 Å². The van der Waals surface area contributed by atoms with Crippen LogP contribution in [0.15, 0.2) is 69.7 Å². The Hall–Kier alpha value is -8.30. The Morgan fingerprint density at radius 3 is 1.96 bits per heavy atom. The number of nitrogens with zero attached hydrogens (tertiary/aromatic N) is 6. The molecule has 12 heteroatoms. The number of nitrogens with two attached hydrogens (primary N) is 1. The number of rotatable bonds is 8. The lowest BCUT2D eigenvalue weighted by molar-refractivity contribution is 0.0211. The summed E-state index contributed by atoms with van der Waals surface area (Å²) in [6.45, 7) is 5.12. The van der Waals surface area contributed by atoms with Crippen molar-refractivity contribution in [1.82, 2.24) is 15.3 Å². The second kappa shape index (κ2) is 28.5. The van der Waals surface area contributed by atoms with Gasteiger partial charge in [-0.15, -0.1) is 11.3 Å². The Balaban J connectivity index is -0.000000107. The van der Waals surface area contributed by atoms with E-state index >= 15 is 0 Å². The van der Waals surface area contributed by atoms with Gasteiger partial charge in [0.15, 0.2) is 0 Å². The molecule has 3 aromatic rings. The van der Waals surface area contributed by atoms with Gasteiger partial charge in [0.05, 0.1) is 12.7 Å². The molecule has 0 amide bonds. The Morgan fingerprint density at radius 2 is 1.44 bits per heavy atom. The summed E-state index contributed by atoms with van der Waals surface area (Å²) in [5.41, 5.74) is 14.1. The van der Waals surface area contributed by atoms with Crippen LogP contribution >= 0.6 is 0 Å². The molecule has 1 saturated heterocycles. The number of fused-ring (bicyclic) bond motifs is 1. The third-order valence-electron chi connectivity index (χ3n) is 6.25. The molecule has 1 aliphatic rings. The molecule has 1 aliphatic heterocycles. The Kier molecular flexibility index (Phi) is 22.1. The van der Waals surface area contributed by atoms with Crippen molar-refractivity contribution in [3.63, 3.8) is 0 Å². The van der Waals surface area contributed by atoms with Crippen LogP contribution in [0.1, 0.15) is 45.2 Å². The van der Waals surface area contributed by atoms with Crippen molar-refractivity contribution in [3.05, 3.63) is 64.8 Å². The van der Waals surface area contributed by atoms with Crippen molar-refractivity contribution in [1.29, 1.82) is 5.53 Å². The summed E-state index contributed by atoms with van der Waals surface area (Å²) in [6, 6.07) is 12.3. The van der Waals surface area contributed by atoms with Gasteiger partial charge in [-0.05, 0) is 173 Å². The number of nitroso groups, excluding NO2 is 1. The lowest BCUT2D eigenvalue weighted by Crippen LogP contribution is -2.32. The summed E-state index contributed by atoms with van der Waals surface area (Å²) >= 11 is 0. The molecule has 54 heavy (non-hydrogen) atoms. The molecule has 1 aromatic carbocycles. The monoisotopic (exact) mass is 726 g/mol. The number of aromatic nitrogens is 2. The second-order valence-corrected chi connectivity index (χ2v) is 9.80. The van der Waals surface area contributed by atoms with E-state index in [1.54, 1.807) is 13.1 Å². The summed E-state index contributed by atoms with van der Waals surface area (Å²) in [7, 11) is 0. The van der Waals surface area contributed by atoms with E-state index < -0.39 is 0 Å². The molecule has 1 fully saturated rings. The molecule has 0 unspecified atom stereocenters. The zero-order valence-corrected chi connectivity index (χ0v) is 29.1. The van der Waals surface area contributed by atoms with Gasteiger partial charge in [-0.25, -0.2) is 9.97 Å². The number of hydrogen-bond acceptors (Lipinski definition) is 8. The zero-order chi connectivity index (χ0) is 38.7. The highest BCUT2D eigenvalue weighted by atomic mass is 16.5. The van der Waals surface area contributed by atoms with Crippen LogP contribution in [-0.4, -0.2) is 29.2 Å². The van der Waals surface area contributed by atoms with Gasteiger partial charge < -0.3 is 21.1 Å². The number of anilines is 2. The van der Waals surface area contributed by atoms with E-state index in [1.165, 1.54) is 5.56 Å². The minimum Gasteiger partial charge on any atom is -0.383 e. The number of terminal acetylenes is 1. The summed E-state index contributed by atoms with van der Waals surface area (Å²) in [4.78, 5) is 17.5. The number of hydrogen-bond donors (Lipinski definition) is 4. The van der Waals surface area contributed by atoms with Crippen LogP contribution in [-0.2, 0) is 17.9 Å². The molecule has 0 spiro atoms. The van der Waals surface area contributed by atoms with E-state index in [-0.39, 0.29) is 14.3 Å². The van der Waals surface area contributed by atoms with Crippen LogP contribution in [0.2, 0.25) is 0 Å². The van der Waals surface area contributed by atoms with Gasteiger partial charge in [-0.1, -0.05) is 24.1 Å². The lowest BCUT2D eigenvalue weighted by atomic mass is 10.1. The van der Waals surface area contributed by atoms with E-state index in [0.29, 0.717) is 25.1 Å². The minimum atomic E-state index is 0. The summed E-state index contributed by atoms with van der Waals surface area (Å²) in [6.07, 6.45) is 11.1. The average Bonchev–Trinajstić information content (AvgIpc) is 3.21. The largest absolute Gasteiger partial charge is 0.383 e. The van der Waals surface area contributed by atoms with E-state index in [2.05, 4.69) is 167 Å². The molecule has 0 aliphatic carbocycles. The van der Waals surface area contributed by atoms with Gasteiger partial charge in [0, 0.05) is 55.7 Å². The summed E-state index contributed by atoms with van der Waals surface area (Å²) in [5, 5.41) is 18.0. The molecular formula is C42H50N10O2. The van der Waals surface area contributed by atoms with Gasteiger partial charge >= 0.3 is 0 Å². The molecule has 0 bridgehead atoms. The fraction of sp³-hybridized carbons (Fsp3) is 0.190. The molecule has 4 rings (SSSR count). The van der Waals surface area contributed by atoms with Crippen LogP contribution in [0.5, 0.6) is 0 Å². The molecule has 0 saturated carbocycles. The highest BCUT2D eigenvalue weighted by Crippen LogP contribution is 2.20. The van der Waals surface area contributed by atoms with Gasteiger partial charge in [-0.3, -0.25) is 0 Å². The van der Waals surface area contributed by atoms with Crippen molar-refractivity contribution < 1.29 is 19.0 Å². The van der Waals surface area contributed by atoms with E-state index in [9.17, 15) is 0 Å². The van der Waals surface area contributed by atoms with Crippen LogP contribution in [0.3, 0.4) is 0 Å². The van der Waals surface area contributed by atoms with Gasteiger partial charge in [-0.2, -0.15) is 5.53 Å². The second-order valence-electron chi connectivity index (χ2n) is 9.80. The summed E-state index contributed by atoms with van der Waals surface area (Å²) in [5.74, 6) is 48.3. The van der Waals surface area contributed by atoms with E-state index in [4.69, 9.17) is 27.3 Å². The van der Waals surface area contributed by atoms with Crippen molar-refractivity contribution in [2.45, 2.75) is 39.0 Å². The quantitative estimate of drug-likeness (QED) is 0.0816. The third kappa shape index (κ3) is 19.6. The molecule has 2 aromatic heterocycles. The topological polar surface area (TPSA) is 175 Å². The predicted octanol–water partition coefficient (Wildman–Crippen LogP) is 7.29. The first-order valence-corrected chi connectivity index (χ1v) is 15.7. The molecule has 0 radical (unpaired) electrons. The van der Waals surface area contributed by atoms with Crippen molar-refractivity contribution in [3.8, 4) is 119 Å². The number of benzene rings is 1. The highest BCUT2D eigenvalue weighted by Gasteiger charge is 2.13. The smallest absolute Gasteiger partial charge is 0.131 e.